The maximum absolute atomic E-state index is 11.1. The zero-order valence-corrected chi connectivity index (χ0v) is 6.83. The number of Topliss-reactive ketones (excluding diaryl/α,β-unsaturated/α-hetero) is 1. The van der Waals surface area contributed by atoms with Gasteiger partial charge in [-0.15, -0.1) is 0 Å². The molecule has 4 nitrogen and oxygen atoms in total. The number of hydrogen-bond donors (Lipinski definition) is 0. The van der Waals surface area contributed by atoms with Crippen LogP contribution in [0.5, 0.6) is 0 Å². The van der Waals surface area contributed by atoms with E-state index in [1.807, 2.05) is 0 Å². The third-order valence-corrected chi connectivity index (χ3v) is 2.26. The molecule has 0 N–H and O–H groups in total. The van der Waals surface area contributed by atoms with E-state index >= 15 is 0 Å². The highest BCUT2D eigenvalue weighted by Gasteiger charge is 2.48. The molecule has 0 aromatic rings. The first kappa shape index (κ1) is 8.90. The maximum atomic E-state index is 11.1. The van der Waals surface area contributed by atoms with Crippen molar-refractivity contribution in [3.63, 3.8) is 0 Å². The molecule has 66 valence electrons. The highest BCUT2D eigenvalue weighted by molar-refractivity contribution is 6.05. The van der Waals surface area contributed by atoms with Gasteiger partial charge < -0.3 is 9.53 Å². The molecular formula is C8H10O4. The van der Waals surface area contributed by atoms with E-state index in [-0.39, 0.29) is 18.8 Å². The number of hydrogen-bond acceptors (Lipinski definition) is 4. The highest BCUT2D eigenvalue weighted by Crippen LogP contribution is 2.33. The molecule has 1 unspecified atom stereocenters. The van der Waals surface area contributed by atoms with Crippen LogP contribution in [-0.2, 0) is 19.1 Å². The molecule has 1 aliphatic rings. The second kappa shape index (κ2) is 3.05. The quantitative estimate of drug-likeness (QED) is 0.342. The fraction of sp³-hybridized carbons (Fsp3) is 0.625. The van der Waals surface area contributed by atoms with Gasteiger partial charge in [0.1, 0.15) is 17.5 Å². The average Bonchev–Trinajstić information content (AvgIpc) is 2.34. The first-order chi connectivity index (χ1) is 5.63. The molecule has 0 aromatic carbocycles. The van der Waals surface area contributed by atoms with Crippen LogP contribution in [0.15, 0.2) is 0 Å². The molecule has 0 amide bonds. The Balaban J connectivity index is 2.92. The van der Waals surface area contributed by atoms with Crippen LogP contribution in [0.2, 0.25) is 0 Å². The van der Waals surface area contributed by atoms with Crippen LogP contribution in [0.3, 0.4) is 0 Å². The summed E-state index contributed by atoms with van der Waals surface area (Å²) in [5.74, 6) is -0.834. The SMILES string of the molecule is CC(=O)C1(CC=O)CCOC1=O. The molecule has 4 heteroatoms. The van der Waals surface area contributed by atoms with Gasteiger partial charge in [0, 0.05) is 12.8 Å². The lowest BCUT2D eigenvalue weighted by atomic mass is 9.80. The lowest BCUT2D eigenvalue weighted by molar-refractivity contribution is -0.152. The molecular weight excluding hydrogens is 160 g/mol. The second-order valence-electron chi connectivity index (χ2n) is 2.90. The average molecular weight is 170 g/mol. The number of esters is 1. The standard InChI is InChI=1S/C8H10O4/c1-6(10)8(2-4-9)3-5-12-7(8)11/h4H,2-3,5H2,1H3. The van der Waals surface area contributed by atoms with Crippen molar-refractivity contribution in [2.24, 2.45) is 5.41 Å². The Kier molecular flexibility index (Phi) is 2.26. The van der Waals surface area contributed by atoms with E-state index in [1.165, 1.54) is 6.92 Å². The van der Waals surface area contributed by atoms with E-state index in [4.69, 9.17) is 0 Å². The minimum Gasteiger partial charge on any atom is -0.465 e. The van der Waals surface area contributed by atoms with Crippen LogP contribution < -0.4 is 0 Å². The summed E-state index contributed by atoms with van der Waals surface area (Å²) in [6, 6.07) is 0. The minimum absolute atomic E-state index is 0.0544. The Morgan fingerprint density at radius 1 is 1.75 bits per heavy atom. The van der Waals surface area contributed by atoms with Crippen molar-refractivity contribution in [3.8, 4) is 0 Å². The topological polar surface area (TPSA) is 60.4 Å². The van der Waals surface area contributed by atoms with Crippen molar-refractivity contribution in [1.82, 2.24) is 0 Å². The van der Waals surface area contributed by atoms with Gasteiger partial charge in [0.2, 0.25) is 0 Å². The summed E-state index contributed by atoms with van der Waals surface area (Å²) in [7, 11) is 0. The van der Waals surface area contributed by atoms with Crippen molar-refractivity contribution < 1.29 is 19.1 Å². The minimum atomic E-state index is -1.16. The van der Waals surface area contributed by atoms with Crippen molar-refractivity contribution in [2.75, 3.05) is 6.61 Å². The lowest BCUT2D eigenvalue weighted by Crippen LogP contribution is -2.34. The molecule has 0 aliphatic carbocycles. The van der Waals surface area contributed by atoms with Crippen LogP contribution in [-0.4, -0.2) is 24.6 Å². The van der Waals surface area contributed by atoms with Gasteiger partial charge in [0.15, 0.2) is 0 Å². The summed E-state index contributed by atoms with van der Waals surface area (Å²) in [5, 5.41) is 0. The van der Waals surface area contributed by atoms with Crippen LogP contribution in [0, 0.1) is 5.41 Å². The van der Waals surface area contributed by atoms with Crippen molar-refractivity contribution >= 4 is 18.0 Å². The zero-order chi connectivity index (χ0) is 9.19. The van der Waals surface area contributed by atoms with E-state index in [0.29, 0.717) is 12.7 Å². The number of carbonyl (C=O) groups is 3. The van der Waals surface area contributed by atoms with Crippen molar-refractivity contribution in [1.29, 1.82) is 0 Å². The highest BCUT2D eigenvalue weighted by atomic mass is 16.5. The van der Waals surface area contributed by atoms with Crippen LogP contribution in [0.4, 0.5) is 0 Å². The molecule has 0 saturated carbocycles. The summed E-state index contributed by atoms with van der Waals surface area (Å²) in [6.45, 7) is 1.56. The Morgan fingerprint density at radius 3 is 2.75 bits per heavy atom. The van der Waals surface area contributed by atoms with Gasteiger partial charge in [-0.25, -0.2) is 0 Å². The van der Waals surface area contributed by atoms with Gasteiger partial charge in [0.05, 0.1) is 6.61 Å². The van der Waals surface area contributed by atoms with Gasteiger partial charge in [-0.3, -0.25) is 9.59 Å². The Labute approximate surface area is 69.9 Å². The number of cyclic esters (lactones) is 1. The summed E-state index contributed by atoms with van der Waals surface area (Å²) in [5.41, 5.74) is -1.16. The van der Waals surface area contributed by atoms with Gasteiger partial charge in [-0.1, -0.05) is 0 Å². The monoisotopic (exact) mass is 170 g/mol. The first-order valence-electron chi connectivity index (χ1n) is 3.75. The molecule has 0 spiro atoms. The number of carbonyl (C=O) groups excluding carboxylic acids is 3. The van der Waals surface area contributed by atoms with Crippen LogP contribution in [0.1, 0.15) is 19.8 Å². The number of ether oxygens (including phenoxy) is 1. The summed E-state index contributed by atoms with van der Waals surface area (Å²) in [4.78, 5) is 32.5. The Morgan fingerprint density at radius 2 is 2.42 bits per heavy atom. The van der Waals surface area contributed by atoms with Gasteiger partial charge >= 0.3 is 5.97 Å². The predicted octanol–water partition coefficient (Wildman–Crippen LogP) is 0.0977. The molecule has 0 aromatic heterocycles. The predicted molar refractivity (Wildman–Crippen MR) is 39.4 cm³/mol. The van der Waals surface area contributed by atoms with E-state index in [0.717, 1.165) is 0 Å². The Hall–Kier alpha value is -1.19. The fourth-order valence-corrected chi connectivity index (χ4v) is 1.35. The first-order valence-corrected chi connectivity index (χ1v) is 3.75. The third-order valence-electron chi connectivity index (χ3n) is 2.26. The molecule has 12 heavy (non-hydrogen) atoms. The Bertz CT molecular complexity index is 233. The molecule has 1 saturated heterocycles. The number of rotatable bonds is 3. The number of ketones is 1. The second-order valence-corrected chi connectivity index (χ2v) is 2.90. The summed E-state index contributed by atoms with van der Waals surface area (Å²) in [6.07, 6.45) is 0.870. The largest absolute Gasteiger partial charge is 0.465 e. The normalized spacial score (nSPS) is 28.2. The van der Waals surface area contributed by atoms with Crippen molar-refractivity contribution in [3.05, 3.63) is 0 Å². The van der Waals surface area contributed by atoms with Gasteiger partial charge in [0.25, 0.3) is 0 Å². The molecule has 1 heterocycles. The third kappa shape index (κ3) is 1.13. The van der Waals surface area contributed by atoms with Gasteiger partial charge in [-0.2, -0.15) is 0 Å². The van der Waals surface area contributed by atoms with E-state index in [2.05, 4.69) is 4.74 Å². The molecule has 0 radical (unpaired) electrons. The molecule has 1 atom stereocenters. The number of aldehydes is 1. The molecule has 0 bridgehead atoms. The zero-order valence-electron chi connectivity index (χ0n) is 6.83. The van der Waals surface area contributed by atoms with Crippen LogP contribution in [0.25, 0.3) is 0 Å². The molecule has 1 fully saturated rings. The maximum Gasteiger partial charge on any atom is 0.320 e. The fourth-order valence-electron chi connectivity index (χ4n) is 1.35. The molecule has 1 aliphatic heterocycles. The van der Waals surface area contributed by atoms with E-state index in [1.54, 1.807) is 0 Å². The molecule has 1 rings (SSSR count). The van der Waals surface area contributed by atoms with E-state index in [9.17, 15) is 14.4 Å². The van der Waals surface area contributed by atoms with E-state index < -0.39 is 11.4 Å². The van der Waals surface area contributed by atoms with Gasteiger partial charge in [-0.05, 0) is 6.92 Å². The summed E-state index contributed by atoms with van der Waals surface area (Å²) < 4.78 is 4.66. The lowest BCUT2D eigenvalue weighted by Gasteiger charge is -2.17. The van der Waals surface area contributed by atoms with Crippen LogP contribution >= 0.6 is 0 Å². The smallest absolute Gasteiger partial charge is 0.320 e. The summed E-state index contributed by atoms with van der Waals surface area (Å²) >= 11 is 0. The van der Waals surface area contributed by atoms with Crippen molar-refractivity contribution in [2.45, 2.75) is 19.8 Å².